The molecule has 0 unspecified atom stereocenters. The number of benzene rings is 1. The fourth-order valence-corrected chi connectivity index (χ4v) is 3.58. The zero-order chi connectivity index (χ0) is 10.1. The Hall–Kier alpha value is -0.670. The molecule has 0 N–H and O–H groups in total. The van der Waals surface area contributed by atoms with Crippen LogP contribution in [0.5, 0.6) is 5.75 Å². The van der Waals surface area contributed by atoms with Crippen LogP contribution in [0.15, 0.2) is 22.4 Å². The van der Waals surface area contributed by atoms with Gasteiger partial charge in [-0.3, -0.25) is 0 Å². The molecule has 0 saturated carbocycles. The summed E-state index contributed by atoms with van der Waals surface area (Å²) in [5, 5.41) is 1.32. The summed E-state index contributed by atoms with van der Waals surface area (Å²) in [5.41, 5.74) is 1.37. The van der Waals surface area contributed by atoms with Crippen molar-refractivity contribution in [3.63, 3.8) is 0 Å². The molecular weight excluding hydrogens is 212 g/mol. The molecule has 1 aromatic heterocycles. The first-order valence-corrected chi connectivity index (χ1v) is 6.42. The van der Waals surface area contributed by atoms with E-state index >= 15 is 0 Å². The molecule has 2 aromatic rings. The van der Waals surface area contributed by atoms with Crippen molar-refractivity contribution < 1.29 is 4.74 Å². The number of thiophene rings is 1. The molecule has 0 bridgehead atoms. The normalized spacial score (nSPS) is 10.8. The van der Waals surface area contributed by atoms with Crippen LogP contribution >= 0.6 is 23.1 Å². The molecule has 1 aromatic carbocycles. The van der Waals surface area contributed by atoms with Crippen LogP contribution in [0, 0.1) is 6.92 Å². The minimum absolute atomic E-state index is 0.982. The lowest BCUT2D eigenvalue weighted by atomic mass is 10.2. The Morgan fingerprint density at radius 2 is 2.14 bits per heavy atom. The molecule has 0 aliphatic heterocycles. The Bertz CT molecular complexity index is 460. The third kappa shape index (κ3) is 1.41. The van der Waals surface area contributed by atoms with Crippen LogP contribution in [0.3, 0.4) is 0 Å². The minimum atomic E-state index is 0.982. The van der Waals surface area contributed by atoms with E-state index < -0.39 is 0 Å². The van der Waals surface area contributed by atoms with Gasteiger partial charge >= 0.3 is 0 Å². The van der Waals surface area contributed by atoms with Gasteiger partial charge in [-0.2, -0.15) is 0 Å². The summed E-state index contributed by atoms with van der Waals surface area (Å²) in [7, 11) is 1.72. The Morgan fingerprint density at radius 3 is 2.79 bits per heavy atom. The molecule has 0 atom stereocenters. The molecule has 0 spiro atoms. The van der Waals surface area contributed by atoms with Gasteiger partial charge in [0.25, 0.3) is 0 Å². The van der Waals surface area contributed by atoms with Crippen molar-refractivity contribution in [2.45, 2.75) is 11.1 Å². The van der Waals surface area contributed by atoms with Crippen LogP contribution in [-0.4, -0.2) is 13.4 Å². The van der Waals surface area contributed by atoms with Crippen molar-refractivity contribution in [2.75, 3.05) is 13.4 Å². The summed E-state index contributed by atoms with van der Waals surface area (Å²) in [6.07, 6.45) is 2.12. The molecular formula is C11H12OS2. The Balaban J connectivity index is 2.77. The molecule has 2 rings (SSSR count). The van der Waals surface area contributed by atoms with Gasteiger partial charge in [0.1, 0.15) is 5.75 Å². The fraction of sp³-hybridized carbons (Fsp3) is 0.273. The highest BCUT2D eigenvalue weighted by molar-refractivity contribution is 8.00. The zero-order valence-electron chi connectivity index (χ0n) is 8.46. The van der Waals surface area contributed by atoms with Crippen molar-refractivity contribution >= 4 is 33.2 Å². The average Bonchev–Trinajstić information content (AvgIpc) is 2.55. The molecule has 0 fully saturated rings. The number of rotatable bonds is 2. The van der Waals surface area contributed by atoms with Crippen LogP contribution in [0.2, 0.25) is 0 Å². The van der Waals surface area contributed by atoms with E-state index in [1.165, 1.54) is 19.9 Å². The molecule has 0 aliphatic rings. The van der Waals surface area contributed by atoms with Crippen molar-refractivity contribution in [1.29, 1.82) is 0 Å². The molecule has 0 aliphatic carbocycles. The Labute approximate surface area is 92.1 Å². The predicted octanol–water partition coefficient (Wildman–Crippen LogP) is 3.94. The lowest BCUT2D eigenvalue weighted by Gasteiger charge is -1.99. The summed E-state index contributed by atoms with van der Waals surface area (Å²) in [5.74, 6) is 0.982. The van der Waals surface area contributed by atoms with Crippen molar-refractivity contribution in [3.8, 4) is 5.75 Å². The largest absolute Gasteiger partial charge is 0.495 e. The fourth-order valence-electron chi connectivity index (χ4n) is 1.55. The van der Waals surface area contributed by atoms with E-state index in [0.29, 0.717) is 0 Å². The molecule has 0 saturated heterocycles. The number of thioether (sulfide) groups is 1. The van der Waals surface area contributed by atoms with Crippen LogP contribution in [0.4, 0.5) is 0 Å². The molecule has 14 heavy (non-hydrogen) atoms. The van der Waals surface area contributed by atoms with Gasteiger partial charge in [0.2, 0.25) is 0 Å². The van der Waals surface area contributed by atoms with E-state index in [0.717, 1.165) is 5.75 Å². The lowest BCUT2D eigenvalue weighted by Crippen LogP contribution is -1.81. The first-order chi connectivity index (χ1) is 6.77. The topological polar surface area (TPSA) is 9.23 Å². The number of hydrogen-bond acceptors (Lipinski definition) is 3. The van der Waals surface area contributed by atoms with Gasteiger partial charge in [-0.25, -0.2) is 0 Å². The average molecular weight is 224 g/mol. The van der Waals surface area contributed by atoms with Crippen LogP contribution < -0.4 is 4.74 Å². The Kier molecular flexibility index (Phi) is 2.70. The number of methoxy groups -OCH3 is 1. The van der Waals surface area contributed by atoms with E-state index in [2.05, 4.69) is 19.2 Å². The first-order valence-electron chi connectivity index (χ1n) is 4.38. The van der Waals surface area contributed by atoms with Crippen molar-refractivity contribution in [3.05, 3.63) is 23.8 Å². The number of hydrogen-bond donors (Lipinski definition) is 0. The van der Waals surface area contributed by atoms with E-state index in [1.807, 2.05) is 23.5 Å². The van der Waals surface area contributed by atoms with E-state index in [-0.39, 0.29) is 0 Å². The number of aryl methyl sites for hydroxylation is 1. The monoisotopic (exact) mass is 224 g/mol. The third-order valence-electron chi connectivity index (χ3n) is 2.29. The second kappa shape index (κ2) is 3.83. The number of ether oxygens (including phenoxy) is 1. The third-order valence-corrected chi connectivity index (χ3v) is 4.83. The van der Waals surface area contributed by atoms with E-state index in [9.17, 15) is 0 Å². The highest BCUT2D eigenvalue weighted by Gasteiger charge is 2.10. The highest BCUT2D eigenvalue weighted by atomic mass is 32.2. The summed E-state index contributed by atoms with van der Waals surface area (Å²) in [4.78, 5) is 0. The second-order valence-electron chi connectivity index (χ2n) is 3.06. The van der Waals surface area contributed by atoms with E-state index in [1.54, 1.807) is 18.9 Å². The molecule has 3 heteroatoms. The van der Waals surface area contributed by atoms with Crippen LogP contribution in [0.1, 0.15) is 5.56 Å². The summed E-state index contributed by atoms with van der Waals surface area (Å²) in [6.45, 7) is 2.17. The standard InChI is InChI=1S/C11H12OS2/c1-7-8-5-4-6-9(12-2)10(8)14-11(7)13-3/h4-6H,1-3H3. The highest BCUT2D eigenvalue weighted by Crippen LogP contribution is 2.40. The van der Waals surface area contributed by atoms with Crippen LogP contribution in [-0.2, 0) is 0 Å². The van der Waals surface area contributed by atoms with Gasteiger partial charge in [-0.05, 0) is 24.8 Å². The zero-order valence-corrected chi connectivity index (χ0v) is 10.1. The maximum Gasteiger partial charge on any atom is 0.136 e. The van der Waals surface area contributed by atoms with Gasteiger partial charge in [0, 0.05) is 5.39 Å². The molecule has 74 valence electrons. The minimum Gasteiger partial charge on any atom is -0.495 e. The molecule has 0 amide bonds. The second-order valence-corrected chi connectivity index (χ2v) is 5.15. The summed E-state index contributed by atoms with van der Waals surface area (Å²) < 4.78 is 7.98. The van der Waals surface area contributed by atoms with Gasteiger partial charge in [-0.15, -0.1) is 23.1 Å². The Morgan fingerprint density at radius 1 is 1.36 bits per heavy atom. The van der Waals surface area contributed by atoms with Gasteiger partial charge in [0.05, 0.1) is 16.0 Å². The molecule has 1 nitrogen and oxygen atoms in total. The summed E-state index contributed by atoms with van der Waals surface area (Å²) in [6, 6.07) is 6.22. The quantitative estimate of drug-likeness (QED) is 0.715. The lowest BCUT2D eigenvalue weighted by molar-refractivity contribution is 0.420. The number of fused-ring (bicyclic) bond motifs is 1. The SMILES string of the molecule is COc1cccc2c(C)c(SC)sc12. The van der Waals surface area contributed by atoms with Gasteiger partial charge < -0.3 is 4.74 Å². The van der Waals surface area contributed by atoms with Gasteiger partial charge in [-0.1, -0.05) is 12.1 Å². The first kappa shape index (κ1) is 9.87. The summed E-state index contributed by atoms with van der Waals surface area (Å²) >= 11 is 3.62. The maximum atomic E-state index is 5.34. The van der Waals surface area contributed by atoms with Gasteiger partial charge in [0.15, 0.2) is 0 Å². The molecule has 0 radical (unpaired) electrons. The predicted molar refractivity (Wildman–Crippen MR) is 64.9 cm³/mol. The maximum absolute atomic E-state index is 5.34. The van der Waals surface area contributed by atoms with E-state index in [4.69, 9.17) is 4.74 Å². The van der Waals surface area contributed by atoms with Crippen molar-refractivity contribution in [1.82, 2.24) is 0 Å². The van der Waals surface area contributed by atoms with Crippen LogP contribution in [0.25, 0.3) is 10.1 Å². The van der Waals surface area contributed by atoms with Crippen molar-refractivity contribution in [2.24, 2.45) is 0 Å². The molecule has 1 heterocycles. The smallest absolute Gasteiger partial charge is 0.136 e.